The number of hydrogen-bond donors (Lipinski definition) is 1. The van der Waals surface area contributed by atoms with E-state index in [0.29, 0.717) is 11.9 Å². The fraction of sp³-hybridized carbons (Fsp3) is 0.235. The van der Waals surface area contributed by atoms with E-state index in [1.165, 1.54) is 4.88 Å². The Kier molecular flexibility index (Phi) is 3.90. The predicted octanol–water partition coefficient (Wildman–Crippen LogP) is 4.07. The van der Waals surface area contributed by atoms with E-state index in [-0.39, 0.29) is 0 Å². The van der Waals surface area contributed by atoms with Gasteiger partial charge in [-0.1, -0.05) is 24.3 Å². The molecule has 0 saturated heterocycles. The van der Waals surface area contributed by atoms with Crippen molar-refractivity contribution in [3.05, 3.63) is 58.3 Å². The summed E-state index contributed by atoms with van der Waals surface area (Å²) in [7, 11) is 2.12. The minimum atomic E-state index is 0.371. The standard InChI is InChI=1S/C17H19N3S/c1-12(16-8-5-9-21-16)20(2)11-14-10-13-6-3-4-7-15(13)19-17(14)18/h3-10,12H,11H2,1-2H3,(H2,18,19). The molecular weight excluding hydrogens is 278 g/mol. The van der Waals surface area contributed by atoms with E-state index >= 15 is 0 Å². The van der Waals surface area contributed by atoms with Crippen LogP contribution in [0.2, 0.25) is 0 Å². The first kappa shape index (κ1) is 14.0. The maximum atomic E-state index is 6.12. The van der Waals surface area contributed by atoms with Gasteiger partial charge in [-0.3, -0.25) is 4.90 Å². The molecular formula is C17H19N3S. The SMILES string of the molecule is CC(c1cccs1)N(C)Cc1cc2ccccc2nc1N. The molecule has 2 N–H and O–H groups in total. The Bertz CT molecular complexity index is 737. The fourth-order valence-corrected chi connectivity index (χ4v) is 3.30. The zero-order valence-corrected chi connectivity index (χ0v) is 13.1. The van der Waals surface area contributed by atoms with Crippen molar-refractivity contribution < 1.29 is 0 Å². The average Bonchev–Trinajstić information content (AvgIpc) is 3.01. The molecule has 0 aliphatic carbocycles. The van der Waals surface area contributed by atoms with Crippen molar-refractivity contribution in [1.29, 1.82) is 0 Å². The van der Waals surface area contributed by atoms with Crippen molar-refractivity contribution >= 4 is 28.1 Å². The number of para-hydroxylation sites is 1. The van der Waals surface area contributed by atoms with Gasteiger partial charge in [-0.2, -0.15) is 0 Å². The Hall–Kier alpha value is -1.91. The normalized spacial score (nSPS) is 12.9. The summed E-state index contributed by atoms with van der Waals surface area (Å²) in [6.45, 7) is 3.01. The molecule has 3 aromatic rings. The lowest BCUT2D eigenvalue weighted by Gasteiger charge is -2.24. The van der Waals surface area contributed by atoms with Crippen LogP contribution in [0, 0.1) is 0 Å². The first-order valence-corrected chi connectivity index (χ1v) is 7.91. The number of thiophene rings is 1. The van der Waals surface area contributed by atoms with Crippen molar-refractivity contribution in [3.63, 3.8) is 0 Å². The number of rotatable bonds is 4. The van der Waals surface area contributed by atoms with E-state index in [4.69, 9.17) is 5.73 Å². The average molecular weight is 297 g/mol. The van der Waals surface area contributed by atoms with Gasteiger partial charge in [0.05, 0.1) is 5.52 Å². The Morgan fingerprint density at radius 2 is 2.05 bits per heavy atom. The van der Waals surface area contributed by atoms with E-state index in [0.717, 1.165) is 23.0 Å². The topological polar surface area (TPSA) is 42.2 Å². The summed E-state index contributed by atoms with van der Waals surface area (Å²) in [6, 6.07) is 14.9. The third-order valence-corrected chi connectivity index (χ3v) is 4.91. The van der Waals surface area contributed by atoms with Gasteiger partial charge in [0.15, 0.2) is 0 Å². The third kappa shape index (κ3) is 2.91. The smallest absolute Gasteiger partial charge is 0.128 e. The highest BCUT2D eigenvalue weighted by Gasteiger charge is 2.14. The Morgan fingerprint density at radius 1 is 1.24 bits per heavy atom. The maximum Gasteiger partial charge on any atom is 0.128 e. The number of hydrogen-bond acceptors (Lipinski definition) is 4. The van der Waals surface area contributed by atoms with Crippen LogP contribution in [-0.4, -0.2) is 16.9 Å². The lowest BCUT2D eigenvalue weighted by atomic mass is 10.1. The molecule has 0 aliphatic heterocycles. The van der Waals surface area contributed by atoms with Gasteiger partial charge in [-0.25, -0.2) is 4.98 Å². The Morgan fingerprint density at radius 3 is 2.81 bits per heavy atom. The zero-order valence-electron chi connectivity index (χ0n) is 12.3. The number of nitrogens with zero attached hydrogens (tertiary/aromatic N) is 2. The van der Waals surface area contributed by atoms with Crippen LogP contribution in [0.3, 0.4) is 0 Å². The molecule has 0 aliphatic rings. The van der Waals surface area contributed by atoms with Crippen molar-refractivity contribution in [2.24, 2.45) is 0 Å². The molecule has 2 aromatic heterocycles. The van der Waals surface area contributed by atoms with Crippen LogP contribution in [0.1, 0.15) is 23.4 Å². The van der Waals surface area contributed by atoms with E-state index in [9.17, 15) is 0 Å². The van der Waals surface area contributed by atoms with Crippen molar-refractivity contribution in [1.82, 2.24) is 9.88 Å². The molecule has 0 saturated carbocycles. The number of pyridine rings is 1. The summed E-state index contributed by atoms with van der Waals surface area (Å²) in [6.07, 6.45) is 0. The van der Waals surface area contributed by atoms with Crippen molar-refractivity contribution in [2.75, 3.05) is 12.8 Å². The molecule has 1 atom stereocenters. The predicted molar refractivity (Wildman–Crippen MR) is 90.4 cm³/mol. The van der Waals surface area contributed by atoms with E-state index in [2.05, 4.69) is 53.5 Å². The largest absolute Gasteiger partial charge is 0.383 e. The molecule has 2 heterocycles. The van der Waals surface area contributed by atoms with Gasteiger partial charge in [0.2, 0.25) is 0 Å². The first-order chi connectivity index (χ1) is 10.1. The van der Waals surface area contributed by atoms with Crippen LogP contribution in [-0.2, 0) is 6.54 Å². The summed E-state index contributed by atoms with van der Waals surface area (Å²) in [5.41, 5.74) is 8.15. The van der Waals surface area contributed by atoms with Gasteiger partial charge in [0.25, 0.3) is 0 Å². The van der Waals surface area contributed by atoms with E-state index in [1.54, 1.807) is 11.3 Å². The van der Waals surface area contributed by atoms with E-state index < -0.39 is 0 Å². The van der Waals surface area contributed by atoms with Crippen LogP contribution in [0.15, 0.2) is 47.8 Å². The number of aromatic nitrogens is 1. The summed E-state index contributed by atoms with van der Waals surface area (Å²) < 4.78 is 0. The third-order valence-electron chi connectivity index (χ3n) is 3.87. The lowest BCUT2D eigenvalue weighted by Crippen LogP contribution is -2.22. The monoisotopic (exact) mass is 297 g/mol. The highest BCUT2D eigenvalue weighted by atomic mass is 32.1. The summed E-state index contributed by atoms with van der Waals surface area (Å²) in [4.78, 5) is 8.17. The number of fused-ring (bicyclic) bond motifs is 1. The molecule has 1 unspecified atom stereocenters. The molecule has 0 spiro atoms. The molecule has 4 heteroatoms. The number of nitrogen functional groups attached to an aromatic ring is 1. The second kappa shape index (κ2) is 5.84. The van der Waals surface area contributed by atoms with Crippen LogP contribution in [0.5, 0.6) is 0 Å². The molecule has 1 aromatic carbocycles. The minimum absolute atomic E-state index is 0.371. The van der Waals surface area contributed by atoms with Gasteiger partial charge in [0, 0.05) is 28.4 Å². The van der Waals surface area contributed by atoms with Gasteiger partial charge < -0.3 is 5.73 Å². The van der Waals surface area contributed by atoms with E-state index in [1.807, 2.05) is 18.2 Å². The highest BCUT2D eigenvalue weighted by Crippen LogP contribution is 2.26. The van der Waals surface area contributed by atoms with Crippen molar-refractivity contribution in [3.8, 4) is 0 Å². The number of nitrogens with two attached hydrogens (primary N) is 1. The van der Waals surface area contributed by atoms with Gasteiger partial charge >= 0.3 is 0 Å². The Balaban J connectivity index is 1.85. The molecule has 0 fully saturated rings. The van der Waals surface area contributed by atoms with Crippen LogP contribution >= 0.6 is 11.3 Å². The number of benzene rings is 1. The molecule has 3 rings (SSSR count). The van der Waals surface area contributed by atoms with Crippen LogP contribution < -0.4 is 5.73 Å². The second-order valence-electron chi connectivity index (χ2n) is 5.33. The van der Waals surface area contributed by atoms with Crippen molar-refractivity contribution in [2.45, 2.75) is 19.5 Å². The molecule has 0 amide bonds. The summed E-state index contributed by atoms with van der Waals surface area (Å²) >= 11 is 1.79. The Labute approximate surface area is 129 Å². The fourth-order valence-electron chi connectivity index (χ4n) is 2.45. The maximum absolute atomic E-state index is 6.12. The lowest BCUT2D eigenvalue weighted by molar-refractivity contribution is 0.257. The molecule has 0 radical (unpaired) electrons. The minimum Gasteiger partial charge on any atom is -0.383 e. The quantitative estimate of drug-likeness (QED) is 0.789. The van der Waals surface area contributed by atoms with Crippen LogP contribution in [0.25, 0.3) is 10.9 Å². The molecule has 0 bridgehead atoms. The molecule has 108 valence electrons. The zero-order chi connectivity index (χ0) is 14.8. The van der Waals surface area contributed by atoms with Gasteiger partial charge in [0.1, 0.15) is 5.82 Å². The first-order valence-electron chi connectivity index (χ1n) is 7.03. The number of anilines is 1. The van der Waals surface area contributed by atoms with Gasteiger partial charge in [-0.05, 0) is 37.6 Å². The summed E-state index contributed by atoms with van der Waals surface area (Å²) in [5, 5.41) is 3.25. The molecule has 3 nitrogen and oxygen atoms in total. The second-order valence-corrected chi connectivity index (χ2v) is 6.31. The van der Waals surface area contributed by atoms with Crippen LogP contribution in [0.4, 0.5) is 5.82 Å². The van der Waals surface area contributed by atoms with Gasteiger partial charge in [-0.15, -0.1) is 11.3 Å². The summed E-state index contributed by atoms with van der Waals surface area (Å²) in [5.74, 6) is 0.624. The molecule has 21 heavy (non-hydrogen) atoms. The highest BCUT2D eigenvalue weighted by molar-refractivity contribution is 7.10.